The van der Waals surface area contributed by atoms with Crippen molar-refractivity contribution < 1.29 is 23.1 Å². The van der Waals surface area contributed by atoms with Crippen molar-refractivity contribution in [1.29, 1.82) is 0 Å². The number of alkyl halides is 2. The van der Waals surface area contributed by atoms with Crippen LogP contribution in [0.4, 0.5) is 31.9 Å². The molecule has 0 bridgehead atoms. The summed E-state index contributed by atoms with van der Waals surface area (Å²) in [5.41, 5.74) is 2.46. The second-order valence-corrected chi connectivity index (χ2v) is 10.2. The van der Waals surface area contributed by atoms with Crippen LogP contribution in [-0.4, -0.2) is 66.6 Å². The molecule has 1 aromatic heterocycles. The highest BCUT2D eigenvalue weighted by Gasteiger charge is 2.48. The van der Waals surface area contributed by atoms with Crippen molar-refractivity contribution in [3.63, 3.8) is 0 Å². The summed E-state index contributed by atoms with van der Waals surface area (Å²) in [6.45, 7) is 2.58. The number of aromatic nitrogens is 2. The van der Waals surface area contributed by atoms with Gasteiger partial charge in [0.15, 0.2) is 5.82 Å². The molecule has 0 radical (unpaired) electrons. The molecule has 9 nitrogen and oxygen atoms in total. The minimum Gasteiger partial charge on any atom is -0.381 e. The lowest BCUT2D eigenvalue weighted by Gasteiger charge is -2.31. The van der Waals surface area contributed by atoms with Crippen molar-refractivity contribution in [2.24, 2.45) is 0 Å². The van der Waals surface area contributed by atoms with Gasteiger partial charge in [0.05, 0.1) is 12.7 Å². The first kappa shape index (κ1) is 26.3. The quantitative estimate of drug-likeness (QED) is 0.584. The Morgan fingerprint density at radius 1 is 1.18 bits per heavy atom. The molecule has 38 heavy (non-hydrogen) atoms. The monoisotopic (exact) mass is 528 g/mol. The van der Waals surface area contributed by atoms with Gasteiger partial charge in [0, 0.05) is 43.6 Å². The molecule has 2 N–H and O–H groups in total. The van der Waals surface area contributed by atoms with E-state index in [4.69, 9.17) is 4.74 Å². The molecule has 5 rings (SSSR count). The molecule has 1 aromatic carbocycles. The maximum atomic E-state index is 14.8. The van der Waals surface area contributed by atoms with E-state index in [2.05, 4.69) is 20.6 Å². The Morgan fingerprint density at radius 2 is 1.92 bits per heavy atom. The van der Waals surface area contributed by atoms with E-state index >= 15 is 0 Å². The van der Waals surface area contributed by atoms with Gasteiger partial charge in [-0.1, -0.05) is 19.8 Å². The summed E-state index contributed by atoms with van der Waals surface area (Å²) in [6, 6.07) is 5.40. The van der Waals surface area contributed by atoms with E-state index in [1.54, 1.807) is 11.0 Å². The highest BCUT2D eigenvalue weighted by atomic mass is 19.3. The zero-order chi connectivity index (χ0) is 26.9. The number of carbonyl (C=O) groups excluding carboxylic acids is 2. The lowest BCUT2D eigenvalue weighted by Crippen LogP contribution is -2.48. The van der Waals surface area contributed by atoms with Crippen molar-refractivity contribution in [1.82, 2.24) is 15.3 Å². The van der Waals surface area contributed by atoms with Gasteiger partial charge in [-0.2, -0.15) is 13.8 Å². The second kappa shape index (κ2) is 10.8. The summed E-state index contributed by atoms with van der Waals surface area (Å²) in [4.78, 5) is 36.9. The third kappa shape index (κ3) is 5.29. The molecule has 11 heteroatoms. The molecule has 0 atom stereocenters. The number of carbonyl (C=O) groups is 2. The first-order valence-corrected chi connectivity index (χ1v) is 13.3. The third-order valence-electron chi connectivity index (χ3n) is 7.69. The topological polar surface area (TPSA) is 99.7 Å². The van der Waals surface area contributed by atoms with Gasteiger partial charge in [-0.25, -0.2) is 4.98 Å². The molecule has 3 heterocycles. The summed E-state index contributed by atoms with van der Waals surface area (Å²) < 4.78 is 35.0. The van der Waals surface area contributed by atoms with Crippen LogP contribution in [0.5, 0.6) is 0 Å². The van der Waals surface area contributed by atoms with Crippen molar-refractivity contribution in [2.75, 3.05) is 41.9 Å². The average molecular weight is 529 g/mol. The fraction of sp³-hybridized carbons (Fsp3) is 0.556. The summed E-state index contributed by atoms with van der Waals surface area (Å²) in [6.07, 6.45) is 7.14. The molecular weight excluding hydrogens is 494 g/mol. The maximum Gasteiger partial charge on any atom is 0.342 e. The number of nitrogens with one attached hydrogen (secondary N) is 2. The van der Waals surface area contributed by atoms with E-state index in [1.165, 1.54) is 13.2 Å². The Labute approximate surface area is 221 Å². The molecule has 1 aliphatic carbocycles. The third-order valence-corrected chi connectivity index (χ3v) is 7.69. The number of fused-ring (bicyclic) bond motifs is 1. The zero-order valence-electron chi connectivity index (χ0n) is 21.8. The zero-order valence-corrected chi connectivity index (χ0v) is 21.8. The lowest BCUT2D eigenvalue weighted by molar-refractivity contribution is -0.140. The van der Waals surface area contributed by atoms with Gasteiger partial charge in [-0.15, -0.1) is 0 Å². The van der Waals surface area contributed by atoms with Crippen molar-refractivity contribution >= 4 is 35.0 Å². The molecule has 1 saturated carbocycles. The largest absolute Gasteiger partial charge is 0.381 e. The van der Waals surface area contributed by atoms with Crippen LogP contribution in [0.15, 0.2) is 24.4 Å². The van der Waals surface area contributed by atoms with E-state index in [0.717, 1.165) is 54.7 Å². The molecule has 2 aromatic rings. The Morgan fingerprint density at radius 3 is 2.63 bits per heavy atom. The van der Waals surface area contributed by atoms with E-state index < -0.39 is 18.4 Å². The summed E-state index contributed by atoms with van der Waals surface area (Å²) in [5, 5.41) is 6.29. The Hall–Kier alpha value is -3.34. The predicted octanol–water partition coefficient (Wildman–Crippen LogP) is 4.05. The molecule has 2 amide bonds. The van der Waals surface area contributed by atoms with Crippen LogP contribution >= 0.6 is 0 Å². The number of benzene rings is 1. The van der Waals surface area contributed by atoms with Crippen LogP contribution in [0, 0.1) is 0 Å². The Balaban J connectivity index is 1.41. The van der Waals surface area contributed by atoms with Gasteiger partial charge in [0.1, 0.15) is 5.69 Å². The number of halogens is 2. The van der Waals surface area contributed by atoms with Crippen LogP contribution in [-0.2, 0) is 16.0 Å². The minimum absolute atomic E-state index is 0.104. The van der Waals surface area contributed by atoms with Gasteiger partial charge in [0.2, 0.25) is 5.95 Å². The molecule has 1 saturated heterocycles. The molecule has 0 spiro atoms. The van der Waals surface area contributed by atoms with E-state index in [-0.39, 0.29) is 29.6 Å². The molecule has 2 aliphatic heterocycles. The minimum atomic E-state index is -3.53. The number of anilines is 4. The number of hydrogen-bond donors (Lipinski definition) is 2. The maximum absolute atomic E-state index is 14.8. The number of amides is 2. The van der Waals surface area contributed by atoms with Gasteiger partial charge >= 0.3 is 5.92 Å². The average Bonchev–Trinajstić information content (AvgIpc) is 3.44. The number of hydrogen-bond acceptors (Lipinski definition) is 7. The first-order valence-electron chi connectivity index (χ1n) is 13.3. The summed E-state index contributed by atoms with van der Waals surface area (Å²) in [7, 11) is 1.34. The van der Waals surface area contributed by atoms with E-state index in [1.807, 2.05) is 19.1 Å². The van der Waals surface area contributed by atoms with Crippen molar-refractivity contribution in [3.8, 4) is 0 Å². The molecule has 204 valence electrons. The van der Waals surface area contributed by atoms with Crippen LogP contribution in [0.1, 0.15) is 61.4 Å². The second-order valence-electron chi connectivity index (χ2n) is 10.2. The van der Waals surface area contributed by atoms with Gasteiger partial charge in [0.25, 0.3) is 11.8 Å². The van der Waals surface area contributed by atoms with Gasteiger partial charge in [-0.05, 0) is 55.9 Å². The Bertz CT molecular complexity index is 1200. The smallest absolute Gasteiger partial charge is 0.342 e. The molecule has 2 fully saturated rings. The van der Waals surface area contributed by atoms with E-state index in [9.17, 15) is 18.4 Å². The SMILES string of the molecule is CCc1cc(C(=O)NC2CCOCC2)ccc1Nc1ncc2c(n1)N(C1CCCC1)CC(F)(F)C(=O)N2C. The standard InChI is InChI=1S/C27H34F2N6O3/c1-3-17-14-18(24(36)31-19-10-12-38-13-11-19)8-9-21(17)32-26-30-15-22-23(33-26)35(20-6-4-5-7-20)16-27(28,29)25(37)34(22)2/h8-9,14-15,19-20H,3-7,10-13,16H2,1-2H3,(H,31,36)(H,30,32,33). The molecule has 0 unspecified atom stereocenters. The number of ether oxygens (including phenoxy) is 1. The first-order chi connectivity index (χ1) is 18.3. The number of nitrogens with zero attached hydrogens (tertiary/aromatic N) is 4. The van der Waals surface area contributed by atoms with Crippen LogP contribution in [0.3, 0.4) is 0 Å². The van der Waals surface area contributed by atoms with E-state index in [0.29, 0.717) is 31.0 Å². The highest BCUT2D eigenvalue weighted by Crippen LogP contribution is 2.39. The summed E-state index contributed by atoms with van der Waals surface area (Å²) >= 11 is 0. The van der Waals surface area contributed by atoms with Crippen molar-refractivity contribution in [2.45, 2.75) is 69.9 Å². The number of rotatable bonds is 6. The van der Waals surface area contributed by atoms with Crippen LogP contribution in [0.2, 0.25) is 0 Å². The lowest BCUT2D eigenvalue weighted by atomic mass is 10.0. The number of aryl methyl sites for hydroxylation is 1. The van der Waals surface area contributed by atoms with Gasteiger partial charge in [-0.3, -0.25) is 9.59 Å². The van der Waals surface area contributed by atoms with Crippen LogP contribution in [0.25, 0.3) is 0 Å². The summed E-state index contributed by atoms with van der Waals surface area (Å²) in [5.74, 6) is -4.34. The normalized spacial score (nSPS) is 20.3. The van der Waals surface area contributed by atoms with Gasteiger partial charge < -0.3 is 25.2 Å². The fourth-order valence-electron chi connectivity index (χ4n) is 5.48. The molecule has 3 aliphatic rings. The van der Waals surface area contributed by atoms with Crippen LogP contribution < -0.4 is 20.4 Å². The fourth-order valence-corrected chi connectivity index (χ4v) is 5.48. The van der Waals surface area contributed by atoms with Crippen molar-refractivity contribution in [3.05, 3.63) is 35.5 Å². The Kier molecular flexibility index (Phi) is 7.47. The molecular formula is C27H34F2N6O3. The highest BCUT2D eigenvalue weighted by molar-refractivity contribution is 6.02. The predicted molar refractivity (Wildman–Crippen MR) is 140 cm³/mol.